The highest BCUT2D eigenvalue weighted by Gasteiger charge is 2.38. The Morgan fingerprint density at radius 1 is 0.509 bits per heavy atom. The van der Waals surface area contributed by atoms with Crippen molar-refractivity contribution < 1.29 is 4.74 Å². The number of pyridine rings is 2. The highest BCUT2D eigenvalue weighted by atomic mass is 16.5. The van der Waals surface area contributed by atoms with E-state index in [9.17, 15) is 0 Å². The third-order valence-corrected chi connectivity index (χ3v) is 11.0. The van der Waals surface area contributed by atoms with Gasteiger partial charge >= 0.3 is 0 Å². The van der Waals surface area contributed by atoms with Gasteiger partial charge in [-0.1, -0.05) is 80.6 Å². The van der Waals surface area contributed by atoms with Crippen molar-refractivity contribution in [3.8, 4) is 17.2 Å². The summed E-state index contributed by atoms with van der Waals surface area (Å²) in [5.41, 5.74) is 9.80. The third-order valence-electron chi connectivity index (χ3n) is 11.0. The fraction of sp³-hybridized carbons (Fsp3) is 0.0638. The van der Waals surface area contributed by atoms with E-state index in [1.165, 1.54) is 32.8 Å². The quantitative estimate of drug-likeness (QED) is 0.173. The van der Waals surface area contributed by atoms with E-state index in [1.807, 2.05) is 24.7 Å². The van der Waals surface area contributed by atoms with Crippen LogP contribution in [0.15, 0.2) is 164 Å². The lowest BCUT2D eigenvalue weighted by Crippen LogP contribution is -2.31. The monoisotopic (exact) mass is 683 g/mol. The van der Waals surface area contributed by atoms with Gasteiger partial charge in [0.1, 0.15) is 23.0 Å². The van der Waals surface area contributed by atoms with E-state index in [0.717, 1.165) is 61.8 Å². The van der Waals surface area contributed by atoms with E-state index >= 15 is 0 Å². The summed E-state index contributed by atoms with van der Waals surface area (Å²) < 4.78 is 11.3. The summed E-state index contributed by atoms with van der Waals surface area (Å²) in [5, 5.41) is 5.85. The van der Waals surface area contributed by atoms with Crippen LogP contribution in [-0.2, 0) is 5.41 Å². The Morgan fingerprint density at radius 3 is 2.06 bits per heavy atom. The lowest BCUT2D eigenvalue weighted by molar-refractivity contribution is 0.482. The first kappa shape index (κ1) is 29.8. The highest BCUT2D eigenvalue weighted by molar-refractivity contribution is 6.13. The lowest BCUT2D eigenvalue weighted by atomic mass is 9.73. The van der Waals surface area contributed by atoms with Crippen LogP contribution >= 0.6 is 0 Å². The summed E-state index contributed by atoms with van der Waals surface area (Å²) in [6, 6.07) is 51.5. The summed E-state index contributed by atoms with van der Waals surface area (Å²) in [7, 11) is 0. The van der Waals surface area contributed by atoms with Gasteiger partial charge in [0.25, 0.3) is 0 Å². The molecule has 0 bridgehead atoms. The number of imidazole rings is 1. The number of hydrogen-bond acceptors (Lipinski definition) is 4. The molecule has 6 nitrogen and oxygen atoms in total. The molecule has 10 aromatic rings. The lowest BCUT2D eigenvalue weighted by Gasteiger charge is -2.41. The maximum absolute atomic E-state index is 6.73. The molecule has 0 atom stereocenters. The number of ether oxygens (including phenoxy) is 1. The maximum Gasteiger partial charge on any atom is 0.145 e. The molecule has 53 heavy (non-hydrogen) atoms. The van der Waals surface area contributed by atoms with Gasteiger partial charge < -0.3 is 9.30 Å². The van der Waals surface area contributed by atoms with E-state index in [0.29, 0.717) is 0 Å². The first-order valence-electron chi connectivity index (χ1n) is 18.0. The number of fused-ring (bicyclic) bond motifs is 11. The number of hydrogen-bond donors (Lipinski definition) is 0. The Labute approximate surface area is 305 Å². The Morgan fingerprint density at radius 2 is 1.23 bits per heavy atom. The fourth-order valence-electron chi connectivity index (χ4n) is 8.59. The predicted octanol–water partition coefficient (Wildman–Crippen LogP) is 12.0. The number of aromatic nitrogens is 4. The van der Waals surface area contributed by atoms with Crippen molar-refractivity contribution in [3.05, 3.63) is 175 Å². The number of para-hydroxylation sites is 3. The summed E-state index contributed by atoms with van der Waals surface area (Å²) in [4.78, 5) is 12.0. The van der Waals surface area contributed by atoms with Crippen molar-refractivity contribution in [2.75, 3.05) is 4.90 Å². The summed E-state index contributed by atoms with van der Waals surface area (Å²) in [6.45, 7) is 4.65. The van der Waals surface area contributed by atoms with Crippen LogP contribution in [0.4, 0.5) is 17.2 Å². The molecule has 1 aliphatic heterocycles. The molecule has 6 heteroatoms. The molecule has 0 saturated heterocycles. The Bertz CT molecular complexity index is 3070. The second-order valence-corrected chi connectivity index (χ2v) is 14.3. The summed E-state index contributed by atoms with van der Waals surface area (Å²) in [5.74, 6) is 2.36. The molecule has 6 aromatic carbocycles. The van der Waals surface area contributed by atoms with Crippen molar-refractivity contribution in [1.82, 2.24) is 18.9 Å². The SMILES string of the molecule is CC1(C)c2ccc(Oc3ccc4c5ccccc5n5ccnc5c4c3)cc2N(c2ccccn2)c2cc3c(cc21)c1ccccc1n3-c1ccccc1. The molecule has 4 aromatic heterocycles. The van der Waals surface area contributed by atoms with Crippen LogP contribution in [0.5, 0.6) is 11.5 Å². The minimum Gasteiger partial charge on any atom is -0.457 e. The maximum atomic E-state index is 6.73. The topological polar surface area (TPSA) is 47.6 Å². The number of rotatable bonds is 4. The molecule has 5 heterocycles. The van der Waals surface area contributed by atoms with E-state index < -0.39 is 0 Å². The third kappa shape index (κ3) is 4.33. The van der Waals surface area contributed by atoms with Crippen LogP contribution < -0.4 is 9.64 Å². The van der Waals surface area contributed by atoms with Gasteiger partial charge in [-0.2, -0.15) is 0 Å². The Balaban J connectivity index is 1.10. The van der Waals surface area contributed by atoms with Crippen LogP contribution in [0, 0.1) is 0 Å². The van der Waals surface area contributed by atoms with Gasteiger partial charge in [-0.25, -0.2) is 9.97 Å². The Hall–Kier alpha value is -6.92. The number of nitrogens with zero attached hydrogens (tertiary/aromatic N) is 5. The first-order valence-corrected chi connectivity index (χ1v) is 18.0. The summed E-state index contributed by atoms with van der Waals surface area (Å²) >= 11 is 0. The number of anilines is 3. The van der Waals surface area contributed by atoms with Crippen LogP contribution in [-0.4, -0.2) is 18.9 Å². The molecule has 252 valence electrons. The van der Waals surface area contributed by atoms with Gasteiger partial charge in [-0.3, -0.25) is 9.30 Å². The molecule has 0 saturated carbocycles. The minimum atomic E-state index is -0.311. The highest BCUT2D eigenvalue weighted by Crippen LogP contribution is 2.54. The van der Waals surface area contributed by atoms with Crippen molar-refractivity contribution in [3.63, 3.8) is 0 Å². The molecule has 0 amide bonds. The smallest absolute Gasteiger partial charge is 0.145 e. The van der Waals surface area contributed by atoms with Gasteiger partial charge in [0.05, 0.1) is 27.9 Å². The predicted molar refractivity (Wildman–Crippen MR) is 216 cm³/mol. The van der Waals surface area contributed by atoms with Crippen LogP contribution in [0.1, 0.15) is 25.0 Å². The van der Waals surface area contributed by atoms with Crippen molar-refractivity contribution >= 4 is 66.3 Å². The fourth-order valence-corrected chi connectivity index (χ4v) is 8.59. The zero-order valence-corrected chi connectivity index (χ0v) is 29.2. The van der Waals surface area contributed by atoms with Crippen molar-refractivity contribution in [2.45, 2.75) is 19.3 Å². The molecule has 0 unspecified atom stereocenters. The average Bonchev–Trinajstić information content (AvgIpc) is 3.82. The van der Waals surface area contributed by atoms with Crippen LogP contribution in [0.3, 0.4) is 0 Å². The average molecular weight is 684 g/mol. The first-order chi connectivity index (χ1) is 26.0. The molecule has 1 aliphatic rings. The second kappa shape index (κ2) is 11.0. The molecule has 0 radical (unpaired) electrons. The van der Waals surface area contributed by atoms with Gasteiger partial charge in [0.2, 0.25) is 0 Å². The molecule has 0 spiro atoms. The van der Waals surface area contributed by atoms with Crippen LogP contribution in [0.2, 0.25) is 0 Å². The standard InChI is InChI=1S/C47H33N5O/c1-47(2)38-22-20-32(53-31-19-21-33-34-14-6-8-16-40(34)50-25-24-49-46(50)37(33)26-31)27-43(38)52(45-18-10-11-23-48-45)44-29-42-36(28-39(44)47)35-15-7-9-17-41(35)51(42)30-12-4-3-5-13-30/h3-29H,1-2H3. The summed E-state index contributed by atoms with van der Waals surface area (Å²) in [6.07, 6.45) is 5.74. The number of benzene rings is 6. The van der Waals surface area contributed by atoms with Crippen molar-refractivity contribution in [2.24, 2.45) is 0 Å². The van der Waals surface area contributed by atoms with E-state index in [1.54, 1.807) is 0 Å². The van der Waals surface area contributed by atoms with Gasteiger partial charge in [-0.15, -0.1) is 0 Å². The minimum absolute atomic E-state index is 0.311. The zero-order chi connectivity index (χ0) is 35.3. The normalized spacial score (nSPS) is 13.6. The van der Waals surface area contributed by atoms with Crippen LogP contribution in [0.25, 0.3) is 54.8 Å². The van der Waals surface area contributed by atoms with Gasteiger partial charge in [-0.05, 0) is 89.3 Å². The Kier molecular flexibility index (Phi) is 6.20. The van der Waals surface area contributed by atoms with E-state index in [4.69, 9.17) is 14.7 Å². The molecular weight excluding hydrogens is 651 g/mol. The van der Waals surface area contributed by atoms with E-state index in [-0.39, 0.29) is 5.41 Å². The van der Waals surface area contributed by atoms with Crippen molar-refractivity contribution in [1.29, 1.82) is 0 Å². The molecule has 0 aliphatic carbocycles. The van der Waals surface area contributed by atoms with Gasteiger partial charge in [0.15, 0.2) is 0 Å². The second-order valence-electron chi connectivity index (χ2n) is 14.3. The van der Waals surface area contributed by atoms with Gasteiger partial charge in [0, 0.05) is 57.3 Å². The molecular formula is C47H33N5O. The molecule has 0 fully saturated rings. The molecule has 11 rings (SSSR count). The molecule has 0 N–H and O–H groups in total. The van der Waals surface area contributed by atoms with E-state index in [2.05, 4.69) is 167 Å². The zero-order valence-electron chi connectivity index (χ0n) is 29.2. The largest absolute Gasteiger partial charge is 0.457 e.